The summed E-state index contributed by atoms with van der Waals surface area (Å²) in [6.07, 6.45) is 93.0. The van der Waals surface area contributed by atoms with Crippen molar-refractivity contribution in [2.45, 2.75) is 277 Å². The summed E-state index contributed by atoms with van der Waals surface area (Å²) >= 11 is 0. The Balaban J connectivity index is 4.34. The predicted molar refractivity (Wildman–Crippen MR) is 339 cm³/mol. The Hall–Kier alpha value is -4.71. The first-order valence-electron chi connectivity index (χ1n) is 31.8. The normalized spacial score (nSPS) is 13.1. The minimum atomic E-state index is -0.819. The smallest absolute Gasteiger partial charge is 0.306 e. The van der Waals surface area contributed by atoms with Crippen LogP contribution in [0.2, 0.25) is 0 Å². The highest BCUT2D eigenvalue weighted by Crippen LogP contribution is 2.15. The van der Waals surface area contributed by atoms with Crippen molar-refractivity contribution in [3.05, 3.63) is 146 Å². The van der Waals surface area contributed by atoms with E-state index in [9.17, 15) is 14.4 Å². The van der Waals surface area contributed by atoms with E-state index in [1.807, 2.05) is 6.08 Å². The first-order valence-corrected chi connectivity index (χ1v) is 31.8. The topological polar surface area (TPSA) is 78.9 Å². The zero-order valence-electron chi connectivity index (χ0n) is 50.4. The maximum atomic E-state index is 12.9. The van der Waals surface area contributed by atoms with Gasteiger partial charge in [-0.15, -0.1) is 0 Å². The van der Waals surface area contributed by atoms with Gasteiger partial charge >= 0.3 is 17.9 Å². The van der Waals surface area contributed by atoms with Gasteiger partial charge < -0.3 is 14.2 Å². The van der Waals surface area contributed by atoms with Crippen molar-refractivity contribution in [3.63, 3.8) is 0 Å². The van der Waals surface area contributed by atoms with E-state index in [1.165, 1.54) is 96.3 Å². The summed E-state index contributed by atoms with van der Waals surface area (Å²) in [6.45, 7) is 6.33. The first-order chi connectivity index (χ1) is 38.5. The number of allylic oxidation sites excluding steroid dienone is 24. The molecule has 0 aliphatic carbocycles. The predicted octanol–water partition coefficient (Wildman–Crippen LogP) is 21.9. The summed E-state index contributed by atoms with van der Waals surface area (Å²) in [5.74, 6) is -1.01. The molecule has 6 nitrogen and oxygen atoms in total. The Morgan fingerprint density at radius 3 is 0.872 bits per heavy atom. The highest BCUT2D eigenvalue weighted by Gasteiger charge is 2.19. The number of esters is 3. The summed E-state index contributed by atoms with van der Waals surface area (Å²) in [7, 11) is 0. The standard InChI is InChI=1S/C72H116O6/c1-4-7-10-13-16-19-22-25-27-29-30-31-32-33-34-35-36-37-38-39-40-41-42-43-45-47-50-53-56-59-62-65-71(74)77-68-69(67-76-70(73)64-61-58-55-52-49-46-24-21-18-15-12-9-6-3)78-72(75)66-63-60-57-54-51-48-44-28-26-23-20-17-14-11-8-5-2/h7,9-10,12,16,18-19,21,25,27-28,30-31,33-34,36-37,39-40,44,46,49,55,58,69H,4-6,8,11,13-15,17,20,22-24,26,29,32,35,38,41-43,45,47-48,50-54,56-57,59-68H2,1-3H3/b10-7-,12-9-,19-16-,21-18-,27-25-,31-30-,34-33-,37-36-,40-39-,44-28-,49-46-,58-55-. The number of rotatable bonds is 56. The summed E-state index contributed by atoms with van der Waals surface area (Å²) in [4.78, 5) is 38.2. The number of unbranched alkanes of at least 4 members (excludes halogenated alkanes) is 21. The molecule has 0 heterocycles. The largest absolute Gasteiger partial charge is 0.462 e. The maximum absolute atomic E-state index is 12.9. The van der Waals surface area contributed by atoms with Gasteiger partial charge in [-0.25, -0.2) is 0 Å². The molecule has 0 spiro atoms. The number of hydrogen-bond donors (Lipinski definition) is 0. The molecule has 0 rings (SSSR count). The maximum Gasteiger partial charge on any atom is 0.306 e. The van der Waals surface area contributed by atoms with Crippen molar-refractivity contribution in [1.82, 2.24) is 0 Å². The van der Waals surface area contributed by atoms with Crippen LogP contribution in [0.3, 0.4) is 0 Å². The lowest BCUT2D eigenvalue weighted by Crippen LogP contribution is -2.30. The van der Waals surface area contributed by atoms with Gasteiger partial charge in [-0.2, -0.15) is 0 Å². The minimum absolute atomic E-state index is 0.111. The van der Waals surface area contributed by atoms with Crippen LogP contribution in [-0.4, -0.2) is 37.2 Å². The van der Waals surface area contributed by atoms with E-state index in [4.69, 9.17) is 14.2 Å². The molecular weight excluding hydrogens is 961 g/mol. The van der Waals surface area contributed by atoms with Crippen LogP contribution in [0, 0.1) is 0 Å². The van der Waals surface area contributed by atoms with Gasteiger partial charge in [-0.3, -0.25) is 14.4 Å². The molecule has 0 bridgehead atoms. The van der Waals surface area contributed by atoms with Gasteiger partial charge in [0.2, 0.25) is 0 Å². The number of carbonyl (C=O) groups excluding carboxylic acids is 3. The molecule has 0 radical (unpaired) electrons. The van der Waals surface area contributed by atoms with Gasteiger partial charge in [0.15, 0.2) is 6.10 Å². The molecule has 0 aromatic heterocycles. The van der Waals surface area contributed by atoms with Crippen LogP contribution in [0.1, 0.15) is 271 Å². The van der Waals surface area contributed by atoms with Gasteiger partial charge in [0.05, 0.1) is 0 Å². The van der Waals surface area contributed by atoms with Crippen molar-refractivity contribution >= 4 is 17.9 Å². The fourth-order valence-electron chi connectivity index (χ4n) is 8.37. The second-order valence-corrected chi connectivity index (χ2v) is 20.5. The van der Waals surface area contributed by atoms with Gasteiger partial charge in [0, 0.05) is 19.3 Å². The molecule has 78 heavy (non-hydrogen) atoms. The van der Waals surface area contributed by atoms with E-state index in [0.717, 1.165) is 128 Å². The number of carbonyl (C=O) groups is 3. The third-order valence-corrected chi connectivity index (χ3v) is 13.1. The lowest BCUT2D eigenvalue weighted by Gasteiger charge is -2.18. The lowest BCUT2D eigenvalue weighted by molar-refractivity contribution is -0.166. The zero-order valence-corrected chi connectivity index (χ0v) is 50.4. The Kier molecular flexibility index (Phi) is 60.9. The summed E-state index contributed by atoms with van der Waals surface area (Å²) < 4.78 is 16.8. The second-order valence-electron chi connectivity index (χ2n) is 20.5. The zero-order chi connectivity index (χ0) is 56.4. The Bertz CT molecular complexity index is 1710. The van der Waals surface area contributed by atoms with Crippen LogP contribution >= 0.6 is 0 Å². The Morgan fingerprint density at radius 2 is 0.526 bits per heavy atom. The van der Waals surface area contributed by atoms with E-state index < -0.39 is 6.10 Å². The molecule has 0 aliphatic heterocycles. The van der Waals surface area contributed by atoms with Gasteiger partial charge in [-0.05, 0) is 128 Å². The van der Waals surface area contributed by atoms with Crippen molar-refractivity contribution in [3.8, 4) is 0 Å². The molecule has 0 N–H and O–H groups in total. The molecule has 0 saturated heterocycles. The third-order valence-electron chi connectivity index (χ3n) is 13.1. The van der Waals surface area contributed by atoms with E-state index >= 15 is 0 Å². The molecule has 1 atom stereocenters. The SMILES string of the molecule is CC/C=C\C/C=C\C/C=C\C/C=C\C/C=C\C/C=C\C/C=C\CCCCCCCCCCCC(=O)OCC(COC(=O)CC/C=C\C/C=C\C/C=C\C/C=C\CC)OC(=O)CCCCCCC/C=C\CCCCCCCCC. The summed E-state index contributed by atoms with van der Waals surface area (Å²) in [5.41, 5.74) is 0. The van der Waals surface area contributed by atoms with Crippen LogP contribution in [0.5, 0.6) is 0 Å². The van der Waals surface area contributed by atoms with Crippen LogP contribution in [0.15, 0.2) is 146 Å². The average Bonchev–Trinajstić information content (AvgIpc) is 3.44. The Labute approximate surface area is 480 Å². The van der Waals surface area contributed by atoms with Crippen LogP contribution < -0.4 is 0 Å². The molecule has 0 aromatic carbocycles. The molecule has 0 aliphatic rings. The van der Waals surface area contributed by atoms with E-state index in [1.54, 1.807) is 0 Å². The average molecular weight is 1080 g/mol. The molecule has 440 valence electrons. The monoisotopic (exact) mass is 1080 g/mol. The van der Waals surface area contributed by atoms with Gasteiger partial charge in [0.1, 0.15) is 13.2 Å². The quantitative estimate of drug-likeness (QED) is 0.0261. The van der Waals surface area contributed by atoms with Gasteiger partial charge in [-0.1, -0.05) is 269 Å². The Morgan fingerprint density at radius 1 is 0.269 bits per heavy atom. The first kappa shape index (κ1) is 73.3. The van der Waals surface area contributed by atoms with E-state index in [2.05, 4.69) is 161 Å². The molecule has 0 amide bonds. The molecule has 0 saturated carbocycles. The highest BCUT2D eigenvalue weighted by atomic mass is 16.6. The minimum Gasteiger partial charge on any atom is -0.462 e. The van der Waals surface area contributed by atoms with E-state index in [-0.39, 0.29) is 37.5 Å². The number of hydrogen-bond acceptors (Lipinski definition) is 6. The number of ether oxygens (including phenoxy) is 3. The van der Waals surface area contributed by atoms with Crippen LogP contribution in [-0.2, 0) is 28.6 Å². The molecule has 0 fully saturated rings. The molecular formula is C72H116O6. The van der Waals surface area contributed by atoms with Crippen LogP contribution in [0.25, 0.3) is 0 Å². The molecule has 6 heteroatoms. The summed E-state index contributed by atoms with van der Waals surface area (Å²) in [6, 6.07) is 0. The van der Waals surface area contributed by atoms with Crippen molar-refractivity contribution in [2.24, 2.45) is 0 Å². The van der Waals surface area contributed by atoms with Crippen molar-refractivity contribution in [2.75, 3.05) is 13.2 Å². The highest BCUT2D eigenvalue weighted by molar-refractivity contribution is 5.71. The molecule has 1 unspecified atom stereocenters. The second kappa shape index (κ2) is 64.8. The van der Waals surface area contributed by atoms with Crippen molar-refractivity contribution in [1.29, 1.82) is 0 Å². The van der Waals surface area contributed by atoms with Crippen molar-refractivity contribution < 1.29 is 28.6 Å². The van der Waals surface area contributed by atoms with Gasteiger partial charge in [0.25, 0.3) is 0 Å². The third kappa shape index (κ3) is 62.1. The van der Waals surface area contributed by atoms with Crippen LogP contribution in [0.4, 0.5) is 0 Å². The van der Waals surface area contributed by atoms with E-state index in [0.29, 0.717) is 19.3 Å². The fraction of sp³-hybridized carbons (Fsp3) is 0.625. The molecule has 0 aromatic rings. The lowest BCUT2D eigenvalue weighted by atomic mass is 10.1. The summed E-state index contributed by atoms with van der Waals surface area (Å²) in [5, 5.41) is 0. The fourth-order valence-corrected chi connectivity index (χ4v) is 8.37.